The van der Waals surface area contributed by atoms with Crippen molar-refractivity contribution in [1.29, 1.82) is 0 Å². The Hall–Kier alpha value is -1.76. The van der Waals surface area contributed by atoms with Crippen LogP contribution in [0.5, 0.6) is 0 Å². The lowest BCUT2D eigenvalue weighted by Gasteiger charge is -2.12. The van der Waals surface area contributed by atoms with Gasteiger partial charge in [-0.3, -0.25) is 0 Å². The fourth-order valence-electron chi connectivity index (χ4n) is 2.35. The highest BCUT2D eigenvalue weighted by molar-refractivity contribution is 5.93. The fraction of sp³-hybridized carbons (Fsp3) is 0.250. The molecule has 1 heteroatoms. The molecule has 0 aliphatic carbocycles. The maximum absolute atomic E-state index is 6.15. The molecule has 2 rings (SSSR count). The molecule has 2 aromatic carbocycles. The molecule has 1 nitrogen and oxygen atoms in total. The van der Waals surface area contributed by atoms with Gasteiger partial charge in [-0.1, -0.05) is 49.8 Å². The number of nitrogens with two attached hydrogens (primary N) is 1. The van der Waals surface area contributed by atoms with Gasteiger partial charge in [-0.15, -0.1) is 0 Å². The van der Waals surface area contributed by atoms with Gasteiger partial charge in [0, 0.05) is 11.3 Å². The van der Waals surface area contributed by atoms with Gasteiger partial charge < -0.3 is 5.73 Å². The predicted octanol–water partition coefficient (Wildman–Crippen LogP) is 4.41. The van der Waals surface area contributed by atoms with E-state index < -0.39 is 0 Å². The van der Waals surface area contributed by atoms with E-state index in [-0.39, 0.29) is 0 Å². The number of aryl methyl sites for hydroxylation is 1. The van der Waals surface area contributed by atoms with E-state index in [1.807, 2.05) is 6.92 Å². The monoisotopic (exact) mass is 225 g/mol. The molecule has 0 atom stereocenters. The molecular weight excluding hydrogens is 206 g/mol. The summed E-state index contributed by atoms with van der Waals surface area (Å²) in [4.78, 5) is 0. The van der Waals surface area contributed by atoms with Crippen LogP contribution in [0.4, 0.5) is 5.69 Å². The molecule has 0 fully saturated rings. The average Bonchev–Trinajstić information content (AvgIpc) is 2.34. The number of rotatable bonds is 3. The molecule has 0 radical (unpaired) electrons. The lowest BCUT2D eigenvalue weighted by Crippen LogP contribution is -1.97. The van der Waals surface area contributed by atoms with Gasteiger partial charge in [0.1, 0.15) is 0 Å². The van der Waals surface area contributed by atoms with Crippen LogP contribution in [0.15, 0.2) is 36.4 Å². The molecule has 0 aliphatic heterocycles. The molecule has 0 amide bonds. The molecule has 0 heterocycles. The Morgan fingerprint density at radius 1 is 1.24 bits per heavy atom. The first-order valence-electron chi connectivity index (χ1n) is 6.20. The molecule has 2 N–H and O–H groups in total. The third-order valence-corrected chi connectivity index (χ3v) is 3.07. The second kappa shape index (κ2) is 5.05. The first kappa shape index (κ1) is 11.7. The number of anilines is 1. The van der Waals surface area contributed by atoms with Crippen molar-refractivity contribution >= 4 is 22.5 Å². The van der Waals surface area contributed by atoms with Crippen LogP contribution in [0, 0.1) is 0 Å². The van der Waals surface area contributed by atoms with Gasteiger partial charge in [-0.25, -0.2) is 0 Å². The Bertz CT molecular complexity index is 553. The van der Waals surface area contributed by atoms with Gasteiger partial charge in [0.15, 0.2) is 0 Å². The molecule has 17 heavy (non-hydrogen) atoms. The Morgan fingerprint density at radius 3 is 2.71 bits per heavy atom. The van der Waals surface area contributed by atoms with E-state index in [0.29, 0.717) is 0 Å². The van der Waals surface area contributed by atoms with E-state index in [1.165, 1.54) is 21.9 Å². The van der Waals surface area contributed by atoms with Gasteiger partial charge in [-0.2, -0.15) is 0 Å². The second-order valence-electron chi connectivity index (χ2n) is 4.33. The van der Waals surface area contributed by atoms with Crippen molar-refractivity contribution in [3.05, 3.63) is 47.5 Å². The number of hydrogen-bond acceptors (Lipinski definition) is 1. The maximum Gasteiger partial charge on any atom is 0.0396 e. The molecule has 0 aromatic heterocycles. The molecule has 2 aromatic rings. The summed E-state index contributed by atoms with van der Waals surface area (Å²) in [6, 6.07) is 10.5. The molecule has 0 saturated heterocycles. The Kier molecular flexibility index (Phi) is 3.48. The molecule has 0 spiro atoms. The number of fused-ring (bicyclic) bond motifs is 1. The summed E-state index contributed by atoms with van der Waals surface area (Å²) in [6.45, 7) is 4.24. The van der Waals surface area contributed by atoms with Crippen molar-refractivity contribution in [3.63, 3.8) is 0 Å². The Morgan fingerprint density at radius 2 is 2.00 bits per heavy atom. The first-order valence-corrected chi connectivity index (χ1v) is 6.20. The van der Waals surface area contributed by atoms with Crippen LogP contribution in [0.25, 0.3) is 16.8 Å². The first-order chi connectivity index (χ1) is 8.27. The minimum Gasteiger partial charge on any atom is -0.398 e. The Labute approximate surface area is 103 Å². The average molecular weight is 225 g/mol. The van der Waals surface area contributed by atoms with Gasteiger partial charge in [0.25, 0.3) is 0 Å². The van der Waals surface area contributed by atoms with E-state index >= 15 is 0 Å². The fourth-order valence-corrected chi connectivity index (χ4v) is 2.35. The van der Waals surface area contributed by atoms with Crippen molar-refractivity contribution in [1.82, 2.24) is 0 Å². The van der Waals surface area contributed by atoms with E-state index in [0.717, 1.165) is 18.5 Å². The third-order valence-electron chi connectivity index (χ3n) is 3.07. The summed E-state index contributed by atoms with van der Waals surface area (Å²) in [6.07, 6.45) is 6.38. The lowest BCUT2D eigenvalue weighted by atomic mass is 9.94. The van der Waals surface area contributed by atoms with Crippen LogP contribution >= 0.6 is 0 Å². The van der Waals surface area contributed by atoms with E-state index in [4.69, 9.17) is 5.73 Å². The summed E-state index contributed by atoms with van der Waals surface area (Å²) in [5.74, 6) is 0. The minimum absolute atomic E-state index is 0.880. The van der Waals surface area contributed by atoms with Crippen LogP contribution < -0.4 is 5.73 Å². The Balaban J connectivity index is 2.78. The standard InChI is InChI=1S/C16H19N/c1-3-7-14-13-10-6-5-9-12(13)11-16(17)15(14)8-4-2/h4-6,8-11H,3,7,17H2,1-2H3. The van der Waals surface area contributed by atoms with Crippen molar-refractivity contribution in [2.45, 2.75) is 26.7 Å². The van der Waals surface area contributed by atoms with Crippen molar-refractivity contribution < 1.29 is 0 Å². The zero-order chi connectivity index (χ0) is 12.3. The van der Waals surface area contributed by atoms with E-state index in [2.05, 4.69) is 49.4 Å². The molecule has 0 unspecified atom stereocenters. The van der Waals surface area contributed by atoms with Gasteiger partial charge in [0.05, 0.1) is 0 Å². The van der Waals surface area contributed by atoms with E-state index in [9.17, 15) is 0 Å². The van der Waals surface area contributed by atoms with Crippen LogP contribution in [0.1, 0.15) is 31.4 Å². The van der Waals surface area contributed by atoms with Crippen LogP contribution in [-0.2, 0) is 6.42 Å². The smallest absolute Gasteiger partial charge is 0.0396 e. The van der Waals surface area contributed by atoms with Crippen molar-refractivity contribution in [2.75, 3.05) is 5.73 Å². The van der Waals surface area contributed by atoms with Gasteiger partial charge >= 0.3 is 0 Å². The highest BCUT2D eigenvalue weighted by Crippen LogP contribution is 2.29. The van der Waals surface area contributed by atoms with Crippen LogP contribution in [0.3, 0.4) is 0 Å². The summed E-state index contributed by atoms with van der Waals surface area (Å²) >= 11 is 0. The highest BCUT2D eigenvalue weighted by atomic mass is 14.6. The number of hydrogen-bond donors (Lipinski definition) is 1. The molecule has 88 valence electrons. The van der Waals surface area contributed by atoms with Gasteiger partial charge in [0.2, 0.25) is 0 Å². The maximum atomic E-state index is 6.15. The topological polar surface area (TPSA) is 26.0 Å². The van der Waals surface area contributed by atoms with E-state index in [1.54, 1.807) is 0 Å². The number of nitrogen functional groups attached to an aromatic ring is 1. The van der Waals surface area contributed by atoms with Crippen LogP contribution in [-0.4, -0.2) is 0 Å². The zero-order valence-corrected chi connectivity index (χ0v) is 10.5. The largest absolute Gasteiger partial charge is 0.398 e. The molecule has 0 bridgehead atoms. The SMILES string of the molecule is CC=Cc1c(N)cc2ccccc2c1CCC. The van der Waals surface area contributed by atoms with Crippen LogP contribution in [0.2, 0.25) is 0 Å². The summed E-state index contributed by atoms with van der Waals surface area (Å²) in [7, 11) is 0. The zero-order valence-electron chi connectivity index (χ0n) is 10.5. The molecule has 0 saturated carbocycles. The number of allylic oxidation sites excluding steroid dienone is 1. The van der Waals surface area contributed by atoms with Gasteiger partial charge in [-0.05, 0) is 35.7 Å². The normalized spacial score (nSPS) is 11.4. The predicted molar refractivity (Wildman–Crippen MR) is 77.1 cm³/mol. The van der Waals surface area contributed by atoms with Crippen molar-refractivity contribution in [2.24, 2.45) is 0 Å². The molecule has 0 aliphatic rings. The molecular formula is C16H19N. The minimum atomic E-state index is 0.880. The third kappa shape index (κ3) is 2.19. The summed E-state index contributed by atoms with van der Waals surface area (Å²) in [5.41, 5.74) is 9.60. The second-order valence-corrected chi connectivity index (χ2v) is 4.33. The lowest BCUT2D eigenvalue weighted by molar-refractivity contribution is 0.928. The highest BCUT2D eigenvalue weighted by Gasteiger charge is 2.08. The van der Waals surface area contributed by atoms with Crippen molar-refractivity contribution in [3.8, 4) is 0 Å². The number of benzene rings is 2. The summed E-state index contributed by atoms with van der Waals surface area (Å²) < 4.78 is 0. The summed E-state index contributed by atoms with van der Waals surface area (Å²) in [5, 5.41) is 2.57. The quantitative estimate of drug-likeness (QED) is 0.769.